The van der Waals surface area contributed by atoms with Gasteiger partial charge in [-0.05, 0) is 17.9 Å². The Labute approximate surface area is 99.9 Å². The van der Waals surface area contributed by atoms with Crippen LogP contribution in [0.4, 0.5) is 0 Å². The van der Waals surface area contributed by atoms with E-state index in [0.717, 1.165) is 11.3 Å². The molecule has 1 aromatic carbocycles. The zero-order valence-electron chi connectivity index (χ0n) is 9.49. The van der Waals surface area contributed by atoms with Crippen molar-refractivity contribution in [2.75, 3.05) is 5.75 Å². The molecule has 15 heavy (non-hydrogen) atoms. The number of thioether (sulfide) groups is 1. The summed E-state index contributed by atoms with van der Waals surface area (Å²) < 4.78 is 2.46. The van der Waals surface area contributed by atoms with E-state index in [1.807, 2.05) is 17.8 Å². The standard InChI is InChI=1S/C9H9NS2.C3H8/c1-2-11-9-10-7-5-3-4-6-8(7)12-9;1-3-2/h3-6H,2H2,1H3;3H2,1-2H3. The second kappa shape index (κ2) is 6.85. The quantitative estimate of drug-likeness (QED) is 0.697. The third-order valence-corrected chi connectivity index (χ3v) is 3.60. The Morgan fingerprint density at radius 2 is 1.87 bits per heavy atom. The maximum Gasteiger partial charge on any atom is 0.151 e. The topological polar surface area (TPSA) is 12.9 Å². The zero-order valence-corrected chi connectivity index (χ0v) is 11.1. The number of hydrogen-bond donors (Lipinski definition) is 0. The predicted molar refractivity (Wildman–Crippen MR) is 72.0 cm³/mol. The summed E-state index contributed by atoms with van der Waals surface area (Å²) in [5.41, 5.74) is 1.12. The van der Waals surface area contributed by atoms with Gasteiger partial charge in [-0.2, -0.15) is 0 Å². The van der Waals surface area contributed by atoms with Gasteiger partial charge in [-0.15, -0.1) is 11.3 Å². The molecular formula is C12H17NS2. The van der Waals surface area contributed by atoms with E-state index in [1.165, 1.54) is 15.5 Å². The van der Waals surface area contributed by atoms with Gasteiger partial charge in [0.25, 0.3) is 0 Å². The van der Waals surface area contributed by atoms with Crippen molar-refractivity contribution in [3.05, 3.63) is 24.3 Å². The molecule has 2 aromatic rings. The van der Waals surface area contributed by atoms with Crippen LogP contribution in [-0.4, -0.2) is 10.7 Å². The van der Waals surface area contributed by atoms with Gasteiger partial charge in [-0.25, -0.2) is 4.98 Å². The summed E-state index contributed by atoms with van der Waals surface area (Å²) >= 11 is 3.58. The lowest BCUT2D eigenvalue weighted by atomic mass is 10.3. The average molecular weight is 239 g/mol. The van der Waals surface area contributed by atoms with Crippen LogP contribution < -0.4 is 0 Å². The third kappa shape index (κ3) is 3.84. The predicted octanol–water partition coefficient (Wildman–Crippen LogP) is 4.82. The molecule has 0 aliphatic carbocycles. The minimum absolute atomic E-state index is 1.10. The van der Waals surface area contributed by atoms with Crippen LogP contribution in [0.3, 0.4) is 0 Å². The second-order valence-corrected chi connectivity index (χ2v) is 5.63. The van der Waals surface area contributed by atoms with E-state index in [0.29, 0.717) is 0 Å². The summed E-state index contributed by atoms with van der Waals surface area (Å²) in [6.07, 6.45) is 1.25. The number of fused-ring (bicyclic) bond motifs is 1. The highest BCUT2D eigenvalue weighted by molar-refractivity contribution is 8.01. The fourth-order valence-corrected chi connectivity index (χ4v) is 3.00. The average Bonchev–Trinajstić information content (AvgIpc) is 2.61. The number of rotatable bonds is 2. The van der Waals surface area contributed by atoms with Gasteiger partial charge in [-0.1, -0.05) is 51.1 Å². The van der Waals surface area contributed by atoms with Crippen LogP contribution in [0.1, 0.15) is 27.2 Å². The van der Waals surface area contributed by atoms with Crippen LogP contribution in [0.5, 0.6) is 0 Å². The summed E-state index contributed by atoms with van der Waals surface area (Å²) in [4.78, 5) is 4.48. The Hall–Kier alpha value is -0.540. The summed E-state index contributed by atoms with van der Waals surface area (Å²) in [6, 6.07) is 8.27. The van der Waals surface area contributed by atoms with Crippen LogP contribution in [0.2, 0.25) is 0 Å². The monoisotopic (exact) mass is 239 g/mol. The number of para-hydroxylation sites is 1. The summed E-state index contributed by atoms with van der Waals surface area (Å²) in [6.45, 7) is 6.40. The van der Waals surface area contributed by atoms with E-state index in [4.69, 9.17) is 0 Å². The van der Waals surface area contributed by atoms with Crippen LogP contribution >= 0.6 is 23.1 Å². The molecule has 0 unspecified atom stereocenters. The number of thiazole rings is 1. The van der Waals surface area contributed by atoms with Crippen molar-refractivity contribution in [2.24, 2.45) is 0 Å². The highest BCUT2D eigenvalue weighted by atomic mass is 32.2. The van der Waals surface area contributed by atoms with Gasteiger partial charge in [0.1, 0.15) is 0 Å². The molecule has 0 N–H and O–H groups in total. The van der Waals surface area contributed by atoms with Gasteiger partial charge in [0, 0.05) is 0 Å². The molecule has 0 amide bonds. The molecule has 1 heterocycles. The Kier molecular flexibility index (Phi) is 5.73. The first-order valence-corrected chi connectivity index (χ1v) is 7.10. The van der Waals surface area contributed by atoms with E-state index in [-0.39, 0.29) is 0 Å². The fraction of sp³-hybridized carbons (Fsp3) is 0.417. The molecular weight excluding hydrogens is 222 g/mol. The Morgan fingerprint density at radius 1 is 1.20 bits per heavy atom. The van der Waals surface area contributed by atoms with Crippen molar-refractivity contribution < 1.29 is 0 Å². The lowest BCUT2D eigenvalue weighted by Crippen LogP contribution is -1.68. The molecule has 0 spiro atoms. The minimum atomic E-state index is 1.10. The Bertz CT molecular complexity index is 362. The second-order valence-electron chi connectivity index (χ2n) is 3.09. The van der Waals surface area contributed by atoms with Gasteiger partial charge >= 0.3 is 0 Å². The molecule has 0 bridgehead atoms. The molecule has 0 aliphatic rings. The van der Waals surface area contributed by atoms with Gasteiger partial charge in [-0.3, -0.25) is 0 Å². The molecule has 0 saturated heterocycles. The number of aromatic nitrogens is 1. The third-order valence-electron chi connectivity index (χ3n) is 1.54. The van der Waals surface area contributed by atoms with Crippen molar-refractivity contribution >= 4 is 33.3 Å². The molecule has 0 fully saturated rings. The molecule has 1 nitrogen and oxygen atoms in total. The first-order chi connectivity index (χ1) is 7.31. The first kappa shape index (κ1) is 12.5. The van der Waals surface area contributed by atoms with E-state index in [2.05, 4.69) is 44.0 Å². The van der Waals surface area contributed by atoms with Gasteiger partial charge in [0.05, 0.1) is 10.2 Å². The molecule has 82 valence electrons. The van der Waals surface area contributed by atoms with Crippen molar-refractivity contribution in [2.45, 2.75) is 31.5 Å². The summed E-state index contributed by atoms with van der Waals surface area (Å²) in [7, 11) is 0. The molecule has 0 radical (unpaired) electrons. The number of hydrogen-bond acceptors (Lipinski definition) is 3. The van der Waals surface area contributed by atoms with Gasteiger partial charge < -0.3 is 0 Å². The van der Waals surface area contributed by atoms with E-state index in [9.17, 15) is 0 Å². The van der Waals surface area contributed by atoms with E-state index >= 15 is 0 Å². The van der Waals surface area contributed by atoms with Crippen LogP contribution in [0.15, 0.2) is 28.6 Å². The lowest BCUT2D eigenvalue weighted by molar-refractivity contribution is 1.09. The maximum atomic E-state index is 4.48. The molecule has 0 saturated carbocycles. The fourth-order valence-electron chi connectivity index (χ4n) is 1.04. The van der Waals surface area contributed by atoms with Crippen molar-refractivity contribution in [1.82, 2.24) is 4.98 Å². The minimum Gasteiger partial charge on any atom is -0.230 e. The number of nitrogens with zero attached hydrogens (tertiary/aromatic N) is 1. The molecule has 2 rings (SSSR count). The Morgan fingerprint density at radius 3 is 2.47 bits per heavy atom. The summed E-state index contributed by atoms with van der Waals surface area (Å²) in [5.74, 6) is 1.10. The van der Waals surface area contributed by atoms with Crippen LogP contribution in [0.25, 0.3) is 10.2 Å². The van der Waals surface area contributed by atoms with E-state index in [1.54, 1.807) is 11.3 Å². The highest BCUT2D eigenvalue weighted by Crippen LogP contribution is 2.28. The van der Waals surface area contributed by atoms with Crippen molar-refractivity contribution in [1.29, 1.82) is 0 Å². The van der Waals surface area contributed by atoms with Crippen LogP contribution in [-0.2, 0) is 0 Å². The number of benzene rings is 1. The molecule has 0 atom stereocenters. The van der Waals surface area contributed by atoms with Crippen molar-refractivity contribution in [3.8, 4) is 0 Å². The highest BCUT2D eigenvalue weighted by Gasteiger charge is 2.00. The van der Waals surface area contributed by atoms with Crippen LogP contribution in [0, 0.1) is 0 Å². The molecule has 1 aromatic heterocycles. The first-order valence-electron chi connectivity index (χ1n) is 5.30. The van der Waals surface area contributed by atoms with Gasteiger partial charge in [0.15, 0.2) is 4.34 Å². The van der Waals surface area contributed by atoms with E-state index < -0.39 is 0 Å². The lowest BCUT2D eigenvalue weighted by Gasteiger charge is -1.84. The smallest absolute Gasteiger partial charge is 0.151 e. The summed E-state index contributed by atoms with van der Waals surface area (Å²) in [5, 5.41) is 0. The largest absolute Gasteiger partial charge is 0.230 e. The molecule has 0 aliphatic heterocycles. The van der Waals surface area contributed by atoms with Gasteiger partial charge in [0.2, 0.25) is 0 Å². The Balaban J connectivity index is 0.000000337. The SMILES string of the molecule is CCC.CCSc1nc2ccccc2s1. The normalized spacial score (nSPS) is 9.80. The van der Waals surface area contributed by atoms with Crippen molar-refractivity contribution in [3.63, 3.8) is 0 Å². The maximum absolute atomic E-state index is 4.48. The zero-order chi connectivity index (χ0) is 11.1. The molecule has 3 heteroatoms.